The van der Waals surface area contributed by atoms with Gasteiger partial charge in [0.15, 0.2) is 0 Å². The van der Waals surface area contributed by atoms with E-state index in [0.29, 0.717) is 0 Å². The molecule has 0 heterocycles. The van der Waals surface area contributed by atoms with Crippen molar-refractivity contribution in [2.45, 2.75) is 26.4 Å². The second-order valence-corrected chi connectivity index (χ2v) is 2.34. The minimum Gasteiger partial charge on any atom is -0.400 e. The lowest BCUT2D eigenvalue weighted by Gasteiger charge is -2.10. The van der Waals surface area contributed by atoms with E-state index in [-0.39, 0.29) is 5.60 Å². The summed E-state index contributed by atoms with van der Waals surface area (Å²) in [6.45, 7) is 5.67. The van der Waals surface area contributed by atoms with E-state index in [1.807, 2.05) is 20.8 Å². The Balaban J connectivity index is 0. The van der Waals surface area contributed by atoms with Gasteiger partial charge < -0.3 is 5.11 Å². The summed E-state index contributed by atoms with van der Waals surface area (Å²) < 4.78 is 4.41. The van der Waals surface area contributed by atoms with Gasteiger partial charge in [0.25, 0.3) is 0 Å². The van der Waals surface area contributed by atoms with Crippen LogP contribution >= 0.6 is 11.9 Å². The molecule has 8 heavy (non-hydrogen) atoms. The third-order valence-electron chi connectivity index (χ3n) is 0.231. The predicted octanol–water partition coefficient (Wildman–Crippen LogP) is 1.56. The van der Waals surface area contributed by atoms with E-state index < -0.39 is 0 Å². The number of halogens is 1. The van der Waals surface area contributed by atoms with E-state index in [0.717, 1.165) is 7.11 Å². The Morgan fingerprint density at radius 2 is 1.38 bits per heavy atom. The maximum atomic E-state index is 7.00. The molecule has 0 aromatic carbocycles. The summed E-state index contributed by atoms with van der Waals surface area (Å²) in [5.41, 5.74) is -0.193. The highest BCUT2D eigenvalue weighted by Crippen LogP contribution is 2.07. The number of hydrogen-bond donors (Lipinski definition) is 1. The second-order valence-electron chi connectivity index (χ2n) is 2.19. The minimum atomic E-state index is -0.193. The van der Waals surface area contributed by atoms with Crippen molar-refractivity contribution in [3.8, 4) is 0 Å². The molecule has 0 bridgehead atoms. The Labute approximate surface area is 55.6 Å². The van der Waals surface area contributed by atoms with Crippen molar-refractivity contribution in [3.63, 3.8) is 0 Å². The zero-order chi connectivity index (χ0) is 7.21. The summed E-state index contributed by atoms with van der Waals surface area (Å²) in [4.78, 5) is 0. The molecule has 1 N–H and O–H groups in total. The van der Waals surface area contributed by atoms with E-state index in [9.17, 15) is 0 Å². The van der Waals surface area contributed by atoms with E-state index in [1.165, 1.54) is 0 Å². The molecule has 0 aliphatic carbocycles. The van der Waals surface area contributed by atoms with Crippen LogP contribution in [0.1, 0.15) is 20.8 Å². The first-order chi connectivity index (χ1) is 3.56. The molecule has 0 aromatic heterocycles. The van der Waals surface area contributed by atoms with Crippen LogP contribution in [0, 0.1) is 0 Å². The Hall–Kier alpha value is 0.210. The Bertz CT molecular complexity index is 40.2. The third kappa shape index (κ3) is 16.4. The molecule has 0 spiro atoms. The molecule has 0 saturated heterocycles. The van der Waals surface area contributed by atoms with E-state index in [4.69, 9.17) is 17.0 Å². The first-order valence-corrected chi connectivity index (χ1v) is 2.61. The summed E-state index contributed by atoms with van der Waals surface area (Å²) in [5.74, 6) is 0. The van der Waals surface area contributed by atoms with Crippen LogP contribution in [-0.2, 0) is 4.29 Å². The maximum Gasteiger partial charge on any atom is 0.0813 e. The topological polar surface area (TPSA) is 29.5 Å². The van der Waals surface area contributed by atoms with Crippen LogP contribution in [0.25, 0.3) is 0 Å². The molecular weight excluding hydrogens is 128 g/mol. The van der Waals surface area contributed by atoms with Crippen LogP contribution in [0.15, 0.2) is 0 Å². The smallest absolute Gasteiger partial charge is 0.0813 e. The zero-order valence-corrected chi connectivity index (χ0v) is 6.49. The monoisotopic (exact) mass is 140 g/mol. The van der Waals surface area contributed by atoms with Crippen LogP contribution < -0.4 is 0 Å². The van der Waals surface area contributed by atoms with Crippen LogP contribution in [0.2, 0.25) is 0 Å². The molecule has 0 aromatic rings. The highest BCUT2D eigenvalue weighted by Gasteiger charge is 2.06. The Kier molecular flexibility index (Phi) is 7.40. The summed E-state index contributed by atoms with van der Waals surface area (Å²) in [7, 11) is 1.00. The van der Waals surface area contributed by atoms with Gasteiger partial charge in [-0.25, -0.2) is 0 Å². The van der Waals surface area contributed by atoms with Crippen molar-refractivity contribution < 1.29 is 9.40 Å². The molecule has 0 unspecified atom stereocenters. The molecule has 3 heteroatoms. The fourth-order valence-electron chi connectivity index (χ4n) is 0. The minimum absolute atomic E-state index is 0.193. The SMILES string of the molecule is CC(C)(C)OCl.CO. The number of aliphatic hydroxyl groups is 1. The molecule has 0 radical (unpaired) electrons. The van der Waals surface area contributed by atoms with Crippen LogP contribution in [0.3, 0.4) is 0 Å². The van der Waals surface area contributed by atoms with Gasteiger partial charge in [-0.05, 0) is 20.8 Å². The summed E-state index contributed by atoms with van der Waals surface area (Å²) in [5, 5.41) is 7.00. The second kappa shape index (κ2) is 5.35. The van der Waals surface area contributed by atoms with Crippen molar-refractivity contribution in [2.75, 3.05) is 7.11 Å². The van der Waals surface area contributed by atoms with E-state index in [2.05, 4.69) is 4.29 Å². The van der Waals surface area contributed by atoms with E-state index in [1.54, 1.807) is 0 Å². The van der Waals surface area contributed by atoms with Crippen molar-refractivity contribution in [3.05, 3.63) is 0 Å². The molecule has 0 fully saturated rings. The zero-order valence-electron chi connectivity index (χ0n) is 5.73. The number of aliphatic hydroxyl groups excluding tert-OH is 1. The fourth-order valence-corrected chi connectivity index (χ4v) is 0. The molecular formula is C5H13ClO2. The quantitative estimate of drug-likeness (QED) is 0.554. The first kappa shape index (κ1) is 11.1. The van der Waals surface area contributed by atoms with Gasteiger partial charge in [-0.2, -0.15) is 0 Å². The largest absolute Gasteiger partial charge is 0.400 e. The molecule has 0 aliphatic rings. The van der Waals surface area contributed by atoms with Gasteiger partial charge in [0.2, 0.25) is 0 Å². The predicted molar refractivity (Wildman–Crippen MR) is 34.8 cm³/mol. The molecule has 0 aliphatic heterocycles. The van der Waals surface area contributed by atoms with Crippen molar-refractivity contribution in [1.82, 2.24) is 0 Å². The highest BCUT2D eigenvalue weighted by molar-refractivity contribution is 6.07. The van der Waals surface area contributed by atoms with Gasteiger partial charge in [0.05, 0.1) is 17.5 Å². The van der Waals surface area contributed by atoms with Gasteiger partial charge in [-0.3, -0.25) is 4.29 Å². The fraction of sp³-hybridized carbons (Fsp3) is 1.00. The Morgan fingerprint density at radius 1 is 1.25 bits per heavy atom. The van der Waals surface area contributed by atoms with E-state index >= 15 is 0 Å². The maximum absolute atomic E-state index is 7.00. The lowest BCUT2D eigenvalue weighted by Crippen LogP contribution is -2.12. The summed E-state index contributed by atoms with van der Waals surface area (Å²) in [6.07, 6.45) is 0. The summed E-state index contributed by atoms with van der Waals surface area (Å²) in [6, 6.07) is 0. The molecule has 2 nitrogen and oxygen atoms in total. The lowest BCUT2D eigenvalue weighted by atomic mass is 10.2. The van der Waals surface area contributed by atoms with Gasteiger partial charge in [0.1, 0.15) is 0 Å². The van der Waals surface area contributed by atoms with Gasteiger partial charge in [-0.1, -0.05) is 0 Å². The van der Waals surface area contributed by atoms with Crippen LogP contribution in [0.4, 0.5) is 0 Å². The van der Waals surface area contributed by atoms with Gasteiger partial charge >= 0.3 is 0 Å². The standard InChI is InChI=1S/C4H9ClO.CH4O/c1-4(2,3)6-5;1-2/h1-3H3;2H,1H3. The van der Waals surface area contributed by atoms with Gasteiger partial charge in [-0.15, -0.1) is 0 Å². The molecule has 0 saturated carbocycles. The average molecular weight is 141 g/mol. The number of hydrogen-bond acceptors (Lipinski definition) is 2. The molecule has 52 valence electrons. The van der Waals surface area contributed by atoms with Crippen molar-refractivity contribution >= 4 is 11.9 Å². The molecule has 0 atom stereocenters. The van der Waals surface area contributed by atoms with Crippen molar-refractivity contribution in [2.24, 2.45) is 0 Å². The Morgan fingerprint density at radius 3 is 1.38 bits per heavy atom. The van der Waals surface area contributed by atoms with Crippen LogP contribution in [0.5, 0.6) is 0 Å². The van der Waals surface area contributed by atoms with Crippen LogP contribution in [-0.4, -0.2) is 17.8 Å². The molecule has 0 rings (SSSR count). The first-order valence-electron chi connectivity index (χ1n) is 2.31. The summed E-state index contributed by atoms with van der Waals surface area (Å²) >= 11 is 4.98. The van der Waals surface area contributed by atoms with Crippen molar-refractivity contribution in [1.29, 1.82) is 0 Å². The molecule has 0 amide bonds. The highest BCUT2D eigenvalue weighted by atomic mass is 35.5. The third-order valence-corrected chi connectivity index (χ3v) is 0.694. The average Bonchev–Trinajstić information content (AvgIpc) is 1.71. The normalized spacial score (nSPS) is 9.75. The number of rotatable bonds is 0. The van der Waals surface area contributed by atoms with Gasteiger partial charge in [0, 0.05) is 7.11 Å². The lowest BCUT2D eigenvalue weighted by molar-refractivity contribution is 0.148.